The maximum absolute atomic E-state index is 11.5. The van der Waals surface area contributed by atoms with Crippen LogP contribution in [-0.2, 0) is 4.74 Å². The van der Waals surface area contributed by atoms with Crippen LogP contribution in [0.3, 0.4) is 0 Å². The van der Waals surface area contributed by atoms with Crippen LogP contribution in [0.5, 0.6) is 0 Å². The van der Waals surface area contributed by atoms with Crippen LogP contribution in [0.2, 0.25) is 0 Å². The highest BCUT2D eigenvalue weighted by Gasteiger charge is 2.15. The summed E-state index contributed by atoms with van der Waals surface area (Å²) in [5, 5.41) is 0.376. The number of rotatable bonds is 2. The van der Waals surface area contributed by atoms with Crippen molar-refractivity contribution in [2.24, 2.45) is 0 Å². The number of carbonyl (C=O) groups excluding carboxylic acids is 2. The zero-order valence-corrected chi connectivity index (χ0v) is 8.93. The molecule has 0 fully saturated rings. The second-order valence-electron chi connectivity index (χ2n) is 3.31. The zero-order valence-electron chi connectivity index (χ0n) is 8.93. The zero-order chi connectivity index (χ0) is 12.4. The number of esters is 1. The third-order valence-corrected chi connectivity index (χ3v) is 2.33. The van der Waals surface area contributed by atoms with Crippen molar-refractivity contribution in [3.63, 3.8) is 0 Å². The van der Waals surface area contributed by atoms with Crippen LogP contribution in [0.25, 0.3) is 11.0 Å². The molecule has 1 aromatic carbocycles. The standard InChI is InChI=1S/C12H8O5/c1-16-12(15)9-5-10(14)17-11-7(6-13)3-2-4-8(9)11/h2-6H,1H3. The third-order valence-electron chi connectivity index (χ3n) is 2.33. The molecule has 2 aromatic rings. The molecule has 0 aliphatic rings. The van der Waals surface area contributed by atoms with E-state index in [0.29, 0.717) is 11.7 Å². The SMILES string of the molecule is COC(=O)c1cc(=O)oc2c(C=O)cccc12. The van der Waals surface area contributed by atoms with Gasteiger partial charge in [0.25, 0.3) is 0 Å². The number of para-hydroxylation sites is 1. The molecule has 0 amide bonds. The summed E-state index contributed by atoms with van der Waals surface area (Å²) < 4.78 is 9.49. The first-order valence-electron chi connectivity index (χ1n) is 4.77. The van der Waals surface area contributed by atoms with E-state index in [1.165, 1.54) is 13.2 Å². The highest BCUT2D eigenvalue weighted by Crippen LogP contribution is 2.20. The van der Waals surface area contributed by atoms with E-state index < -0.39 is 11.6 Å². The Balaban J connectivity index is 2.90. The number of carbonyl (C=O) groups is 2. The maximum Gasteiger partial charge on any atom is 0.338 e. The highest BCUT2D eigenvalue weighted by molar-refractivity contribution is 6.06. The van der Waals surface area contributed by atoms with Crippen molar-refractivity contribution in [1.82, 2.24) is 0 Å². The van der Waals surface area contributed by atoms with Gasteiger partial charge < -0.3 is 9.15 Å². The van der Waals surface area contributed by atoms with E-state index in [-0.39, 0.29) is 16.7 Å². The van der Waals surface area contributed by atoms with Crippen molar-refractivity contribution >= 4 is 23.2 Å². The summed E-state index contributed by atoms with van der Waals surface area (Å²) >= 11 is 0. The molecule has 0 spiro atoms. The van der Waals surface area contributed by atoms with E-state index in [1.807, 2.05) is 0 Å². The lowest BCUT2D eigenvalue weighted by Gasteiger charge is -2.04. The Morgan fingerprint density at radius 1 is 1.41 bits per heavy atom. The van der Waals surface area contributed by atoms with E-state index in [9.17, 15) is 14.4 Å². The summed E-state index contributed by atoms with van der Waals surface area (Å²) in [5.41, 5.74) is -0.310. The molecular formula is C12H8O5. The van der Waals surface area contributed by atoms with Gasteiger partial charge in [-0.05, 0) is 6.07 Å². The Morgan fingerprint density at radius 3 is 2.82 bits per heavy atom. The van der Waals surface area contributed by atoms with Crippen molar-refractivity contribution in [3.8, 4) is 0 Å². The molecule has 0 radical (unpaired) electrons. The minimum Gasteiger partial charge on any atom is -0.465 e. The van der Waals surface area contributed by atoms with E-state index in [2.05, 4.69) is 4.74 Å². The first-order chi connectivity index (χ1) is 8.17. The molecule has 5 nitrogen and oxygen atoms in total. The quantitative estimate of drug-likeness (QED) is 0.444. The molecular weight excluding hydrogens is 224 g/mol. The molecule has 5 heteroatoms. The number of hydrogen-bond donors (Lipinski definition) is 0. The van der Waals surface area contributed by atoms with Crippen LogP contribution in [0.4, 0.5) is 0 Å². The summed E-state index contributed by atoms with van der Waals surface area (Å²) in [6.45, 7) is 0. The van der Waals surface area contributed by atoms with Crippen LogP contribution < -0.4 is 5.63 Å². The minimum absolute atomic E-state index is 0.0856. The lowest BCUT2D eigenvalue weighted by atomic mass is 10.1. The number of methoxy groups -OCH3 is 1. The second-order valence-corrected chi connectivity index (χ2v) is 3.31. The Labute approximate surface area is 95.6 Å². The predicted molar refractivity (Wildman–Crippen MR) is 59.2 cm³/mol. The van der Waals surface area contributed by atoms with Gasteiger partial charge in [-0.2, -0.15) is 0 Å². The van der Waals surface area contributed by atoms with Crippen molar-refractivity contribution < 1.29 is 18.7 Å². The monoisotopic (exact) mass is 232 g/mol. The lowest BCUT2D eigenvalue weighted by molar-refractivity contribution is 0.0602. The average molecular weight is 232 g/mol. The van der Waals surface area contributed by atoms with Gasteiger partial charge in [0.05, 0.1) is 18.2 Å². The van der Waals surface area contributed by atoms with Gasteiger partial charge in [0.1, 0.15) is 5.58 Å². The second kappa shape index (κ2) is 4.21. The number of fused-ring (bicyclic) bond motifs is 1. The van der Waals surface area contributed by atoms with Gasteiger partial charge in [-0.15, -0.1) is 0 Å². The van der Waals surface area contributed by atoms with Crippen molar-refractivity contribution in [2.75, 3.05) is 7.11 Å². The molecule has 0 aliphatic heterocycles. The highest BCUT2D eigenvalue weighted by atomic mass is 16.5. The van der Waals surface area contributed by atoms with Gasteiger partial charge in [-0.3, -0.25) is 4.79 Å². The smallest absolute Gasteiger partial charge is 0.338 e. The fraction of sp³-hybridized carbons (Fsp3) is 0.0833. The first kappa shape index (κ1) is 11.1. The number of benzene rings is 1. The summed E-state index contributed by atoms with van der Waals surface area (Å²) in [6.07, 6.45) is 0.562. The van der Waals surface area contributed by atoms with Gasteiger partial charge in [0.15, 0.2) is 6.29 Å². The Kier molecular flexibility index (Phi) is 2.74. The van der Waals surface area contributed by atoms with Crippen LogP contribution in [0.15, 0.2) is 33.5 Å². The van der Waals surface area contributed by atoms with Gasteiger partial charge in [0.2, 0.25) is 0 Å². The molecule has 0 bridgehead atoms. The largest absolute Gasteiger partial charge is 0.465 e. The summed E-state index contributed by atoms with van der Waals surface area (Å²) in [4.78, 5) is 33.6. The van der Waals surface area contributed by atoms with Gasteiger partial charge >= 0.3 is 11.6 Å². The molecule has 1 heterocycles. The van der Waals surface area contributed by atoms with Crippen molar-refractivity contribution in [2.45, 2.75) is 0 Å². The fourth-order valence-electron chi connectivity index (χ4n) is 1.58. The molecule has 0 saturated carbocycles. The number of hydrogen-bond acceptors (Lipinski definition) is 5. The van der Waals surface area contributed by atoms with E-state index in [1.54, 1.807) is 12.1 Å². The van der Waals surface area contributed by atoms with E-state index in [0.717, 1.165) is 6.07 Å². The molecule has 17 heavy (non-hydrogen) atoms. The number of aldehydes is 1. The van der Waals surface area contributed by atoms with Crippen molar-refractivity contribution in [3.05, 3.63) is 45.8 Å². The molecule has 0 saturated heterocycles. The summed E-state index contributed by atoms with van der Waals surface area (Å²) in [6, 6.07) is 5.72. The molecule has 86 valence electrons. The van der Waals surface area contributed by atoms with E-state index >= 15 is 0 Å². The van der Waals surface area contributed by atoms with Gasteiger partial charge in [-0.25, -0.2) is 9.59 Å². The van der Waals surface area contributed by atoms with Crippen molar-refractivity contribution in [1.29, 1.82) is 0 Å². The van der Waals surface area contributed by atoms with Gasteiger partial charge in [-0.1, -0.05) is 12.1 Å². The molecule has 0 aliphatic carbocycles. The molecule has 0 unspecified atom stereocenters. The third kappa shape index (κ3) is 1.82. The van der Waals surface area contributed by atoms with Gasteiger partial charge in [0, 0.05) is 11.5 Å². The predicted octanol–water partition coefficient (Wildman–Crippen LogP) is 1.39. The molecule has 0 N–H and O–H groups in total. The average Bonchev–Trinajstić information content (AvgIpc) is 2.36. The lowest BCUT2D eigenvalue weighted by Crippen LogP contribution is -2.08. The Morgan fingerprint density at radius 2 is 2.18 bits per heavy atom. The topological polar surface area (TPSA) is 73.6 Å². The molecule has 2 rings (SSSR count). The van der Waals surface area contributed by atoms with E-state index in [4.69, 9.17) is 4.42 Å². The maximum atomic E-state index is 11.5. The van der Waals surface area contributed by atoms with Crippen LogP contribution in [0, 0.1) is 0 Å². The summed E-state index contributed by atoms with van der Waals surface area (Å²) in [5.74, 6) is -0.647. The first-order valence-corrected chi connectivity index (χ1v) is 4.77. The fourth-order valence-corrected chi connectivity index (χ4v) is 1.58. The number of ether oxygens (including phenoxy) is 1. The molecule has 1 aromatic heterocycles. The van der Waals surface area contributed by atoms with Crippen LogP contribution in [-0.4, -0.2) is 19.4 Å². The normalized spacial score (nSPS) is 10.2. The summed E-state index contributed by atoms with van der Waals surface area (Å²) in [7, 11) is 1.21. The van der Waals surface area contributed by atoms with Crippen LogP contribution in [0.1, 0.15) is 20.7 Å². The minimum atomic E-state index is -0.702. The Hall–Kier alpha value is -2.43. The Bertz CT molecular complexity index is 653. The van der Waals surface area contributed by atoms with Crippen LogP contribution >= 0.6 is 0 Å². The molecule has 0 atom stereocenters.